The molecule has 0 N–H and O–H groups in total. The Morgan fingerprint density at radius 3 is 2.44 bits per heavy atom. The summed E-state index contributed by atoms with van der Waals surface area (Å²) in [6.45, 7) is 2.68. The molecule has 3 rings (SSSR count). The lowest BCUT2D eigenvalue weighted by Gasteiger charge is -2.25. The second kappa shape index (κ2) is 7.83. The number of hydrogen-bond donors (Lipinski definition) is 0. The monoisotopic (exact) mass is 357 g/mol. The van der Waals surface area contributed by atoms with Gasteiger partial charge in [-0.15, -0.1) is 11.8 Å². The molecule has 0 aromatic heterocycles. The largest absolute Gasteiger partial charge is 0.493 e. The molecular formula is C20H23NO3S. The highest BCUT2D eigenvalue weighted by molar-refractivity contribution is 8.01. The zero-order valence-corrected chi connectivity index (χ0v) is 15.6. The summed E-state index contributed by atoms with van der Waals surface area (Å²) in [6, 6.07) is 16.2. The van der Waals surface area contributed by atoms with Gasteiger partial charge in [0.1, 0.15) is 5.37 Å². The van der Waals surface area contributed by atoms with Gasteiger partial charge >= 0.3 is 0 Å². The van der Waals surface area contributed by atoms with E-state index in [-0.39, 0.29) is 16.5 Å². The summed E-state index contributed by atoms with van der Waals surface area (Å²) in [4.78, 5) is 14.6. The molecule has 1 saturated heterocycles. The Morgan fingerprint density at radius 1 is 1.04 bits per heavy atom. The summed E-state index contributed by atoms with van der Waals surface area (Å²) in [5, 5.41) is -0.0279. The lowest BCUT2D eigenvalue weighted by atomic mass is 10.1. The van der Waals surface area contributed by atoms with Gasteiger partial charge in [-0.3, -0.25) is 4.79 Å². The van der Waals surface area contributed by atoms with Crippen molar-refractivity contribution in [1.82, 2.24) is 4.90 Å². The van der Waals surface area contributed by atoms with E-state index >= 15 is 0 Å². The van der Waals surface area contributed by atoms with Crippen LogP contribution >= 0.6 is 11.8 Å². The molecule has 132 valence electrons. The average molecular weight is 357 g/mol. The fraction of sp³-hybridized carbons (Fsp3) is 0.350. The van der Waals surface area contributed by atoms with Crippen LogP contribution in [0.15, 0.2) is 48.5 Å². The predicted molar refractivity (Wildman–Crippen MR) is 101 cm³/mol. The van der Waals surface area contributed by atoms with Crippen molar-refractivity contribution in [2.45, 2.75) is 24.0 Å². The van der Waals surface area contributed by atoms with Gasteiger partial charge in [0.2, 0.25) is 5.91 Å². The van der Waals surface area contributed by atoms with Crippen molar-refractivity contribution in [3.63, 3.8) is 0 Å². The van der Waals surface area contributed by atoms with Crippen LogP contribution in [0.3, 0.4) is 0 Å². The highest BCUT2D eigenvalue weighted by Gasteiger charge is 2.38. The minimum Gasteiger partial charge on any atom is -0.493 e. The molecule has 0 aliphatic carbocycles. The zero-order chi connectivity index (χ0) is 17.8. The van der Waals surface area contributed by atoms with Crippen LogP contribution in [-0.2, 0) is 11.2 Å². The standard InChI is InChI=1S/C20H23NO3S/c1-14-19(22)21(12-11-15-7-5-4-6-8-15)20(25-14)16-9-10-17(23-2)18(13-16)24-3/h4-10,13-14,20H,11-12H2,1-3H3. The molecule has 1 amide bonds. The van der Waals surface area contributed by atoms with Gasteiger partial charge in [0.15, 0.2) is 11.5 Å². The molecule has 0 spiro atoms. The Morgan fingerprint density at radius 2 is 1.76 bits per heavy atom. The first-order valence-electron chi connectivity index (χ1n) is 8.36. The minimum absolute atomic E-state index is 0.00557. The molecule has 2 aromatic rings. The average Bonchev–Trinajstić information content (AvgIpc) is 2.94. The van der Waals surface area contributed by atoms with E-state index in [0.717, 1.165) is 12.0 Å². The number of carbonyl (C=O) groups is 1. The lowest BCUT2D eigenvalue weighted by molar-refractivity contribution is -0.129. The van der Waals surface area contributed by atoms with Crippen LogP contribution < -0.4 is 9.47 Å². The van der Waals surface area contributed by atoms with Crippen molar-refractivity contribution in [3.8, 4) is 11.5 Å². The Labute approximate surface area is 153 Å². The minimum atomic E-state index is -0.0335. The van der Waals surface area contributed by atoms with Crippen LogP contribution in [0.1, 0.15) is 23.4 Å². The van der Waals surface area contributed by atoms with Gasteiger partial charge in [0.05, 0.1) is 19.5 Å². The second-order valence-electron chi connectivity index (χ2n) is 6.01. The van der Waals surface area contributed by atoms with E-state index in [2.05, 4.69) is 12.1 Å². The Bertz CT molecular complexity index is 735. The summed E-state index contributed by atoms with van der Waals surface area (Å²) >= 11 is 1.68. The fourth-order valence-electron chi connectivity index (χ4n) is 3.06. The van der Waals surface area contributed by atoms with Gasteiger partial charge in [-0.1, -0.05) is 36.4 Å². The third-order valence-electron chi connectivity index (χ3n) is 4.42. The number of rotatable bonds is 6. The van der Waals surface area contributed by atoms with Gasteiger partial charge in [-0.2, -0.15) is 0 Å². The van der Waals surface area contributed by atoms with E-state index in [9.17, 15) is 4.79 Å². The first kappa shape index (κ1) is 17.7. The van der Waals surface area contributed by atoms with E-state index < -0.39 is 0 Å². The number of hydrogen-bond acceptors (Lipinski definition) is 4. The van der Waals surface area contributed by atoms with Crippen molar-refractivity contribution < 1.29 is 14.3 Å². The maximum absolute atomic E-state index is 12.6. The molecule has 2 unspecified atom stereocenters. The number of nitrogens with zero attached hydrogens (tertiary/aromatic N) is 1. The summed E-state index contributed by atoms with van der Waals surface area (Å²) in [5.74, 6) is 1.58. The van der Waals surface area contributed by atoms with E-state index in [1.165, 1.54) is 5.56 Å². The topological polar surface area (TPSA) is 38.8 Å². The van der Waals surface area contributed by atoms with E-state index in [1.54, 1.807) is 26.0 Å². The van der Waals surface area contributed by atoms with Crippen molar-refractivity contribution in [2.75, 3.05) is 20.8 Å². The Balaban J connectivity index is 1.82. The Kier molecular flexibility index (Phi) is 5.53. The van der Waals surface area contributed by atoms with Crippen molar-refractivity contribution >= 4 is 17.7 Å². The second-order valence-corrected chi connectivity index (χ2v) is 7.44. The van der Waals surface area contributed by atoms with Crippen molar-refractivity contribution in [3.05, 3.63) is 59.7 Å². The maximum atomic E-state index is 12.6. The molecule has 1 aliphatic heterocycles. The van der Waals surface area contributed by atoms with E-state index in [0.29, 0.717) is 18.0 Å². The zero-order valence-electron chi connectivity index (χ0n) is 14.8. The molecule has 4 nitrogen and oxygen atoms in total. The first-order chi connectivity index (χ1) is 12.1. The summed E-state index contributed by atoms with van der Waals surface area (Å²) in [7, 11) is 3.25. The third-order valence-corrected chi connectivity index (χ3v) is 5.82. The van der Waals surface area contributed by atoms with E-state index in [1.807, 2.05) is 48.2 Å². The number of amides is 1. The molecular weight excluding hydrogens is 334 g/mol. The number of methoxy groups -OCH3 is 2. The number of carbonyl (C=O) groups excluding carboxylic acids is 1. The smallest absolute Gasteiger partial charge is 0.236 e. The van der Waals surface area contributed by atoms with Gasteiger partial charge in [-0.05, 0) is 36.6 Å². The molecule has 0 radical (unpaired) electrons. The van der Waals surface area contributed by atoms with E-state index in [4.69, 9.17) is 9.47 Å². The Hall–Kier alpha value is -2.14. The number of thioether (sulfide) groups is 1. The number of benzene rings is 2. The van der Waals surface area contributed by atoms with Gasteiger partial charge in [0.25, 0.3) is 0 Å². The fourth-order valence-corrected chi connectivity index (χ4v) is 4.36. The molecule has 0 saturated carbocycles. The van der Waals surface area contributed by atoms with Gasteiger partial charge < -0.3 is 14.4 Å². The quantitative estimate of drug-likeness (QED) is 0.786. The highest BCUT2D eigenvalue weighted by Crippen LogP contribution is 2.44. The summed E-state index contributed by atoms with van der Waals surface area (Å²) < 4.78 is 10.7. The van der Waals surface area contributed by atoms with Crippen LogP contribution in [0, 0.1) is 0 Å². The SMILES string of the molecule is COc1ccc(C2SC(C)C(=O)N2CCc2ccccc2)cc1OC. The molecule has 1 aliphatic rings. The molecule has 1 fully saturated rings. The lowest BCUT2D eigenvalue weighted by Crippen LogP contribution is -2.32. The van der Waals surface area contributed by atoms with Crippen molar-refractivity contribution in [1.29, 1.82) is 0 Å². The van der Waals surface area contributed by atoms with Crippen LogP contribution in [0.5, 0.6) is 11.5 Å². The first-order valence-corrected chi connectivity index (χ1v) is 9.30. The van der Waals surface area contributed by atoms with Crippen LogP contribution in [0.4, 0.5) is 0 Å². The van der Waals surface area contributed by atoms with Crippen LogP contribution in [0.2, 0.25) is 0 Å². The predicted octanol–water partition coefficient (Wildman–Crippen LogP) is 3.91. The normalized spacial score (nSPS) is 20.0. The number of ether oxygens (including phenoxy) is 2. The van der Waals surface area contributed by atoms with Gasteiger partial charge in [0, 0.05) is 6.54 Å². The van der Waals surface area contributed by atoms with Crippen LogP contribution in [-0.4, -0.2) is 36.8 Å². The molecule has 5 heteroatoms. The van der Waals surface area contributed by atoms with Crippen molar-refractivity contribution in [2.24, 2.45) is 0 Å². The third kappa shape index (κ3) is 3.76. The summed E-state index contributed by atoms with van der Waals surface area (Å²) in [6.07, 6.45) is 0.851. The maximum Gasteiger partial charge on any atom is 0.236 e. The molecule has 2 atom stereocenters. The molecule has 25 heavy (non-hydrogen) atoms. The highest BCUT2D eigenvalue weighted by atomic mass is 32.2. The molecule has 1 heterocycles. The summed E-state index contributed by atoms with van der Waals surface area (Å²) in [5.41, 5.74) is 2.30. The van der Waals surface area contributed by atoms with Crippen LogP contribution in [0.25, 0.3) is 0 Å². The molecule has 0 bridgehead atoms. The molecule has 2 aromatic carbocycles. The van der Waals surface area contributed by atoms with Gasteiger partial charge in [-0.25, -0.2) is 0 Å².